The van der Waals surface area contributed by atoms with E-state index in [1.165, 1.54) is 0 Å². The number of aromatic nitrogens is 3. The van der Waals surface area contributed by atoms with Gasteiger partial charge in [-0.2, -0.15) is 5.10 Å². The molecule has 0 bridgehead atoms. The third kappa shape index (κ3) is 4.63. The van der Waals surface area contributed by atoms with Gasteiger partial charge < -0.3 is 14.5 Å². The first kappa shape index (κ1) is 24.1. The zero-order valence-electron chi connectivity index (χ0n) is 21.0. The highest BCUT2D eigenvalue weighted by Gasteiger charge is 2.27. The molecule has 0 N–H and O–H groups in total. The number of para-hydroxylation sites is 1. The SMILES string of the molecule is COc1cccc(-c2cc(C(=O)N3CCN(c4ccccc4Cl)CC3)n3nc(C(C)(C)C)cc3n2)c1. The number of halogens is 1. The summed E-state index contributed by atoms with van der Waals surface area (Å²) in [4.78, 5) is 22.8. The highest BCUT2D eigenvalue weighted by Crippen LogP contribution is 2.29. The average Bonchev–Trinajstić information content (AvgIpc) is 3.33. The first-order chi connectivity index (χ1) is 17.2. The molecule has 1 fully saturated rings. The molecule has 2 aromatic carbocycles. The Morgan fingerprint density at radius 3 is 2.42 bits per heavy atom. The lowest BCUT2D eigenvalue weighted by Gasteiger charge is -2.36. The number of rotatable bonds is 4. The van der Waals surface area contributed by atoms with Crippen LogP contribution in [0.25, 0.3) is 16.9 Å². The second-order valence-corrected chi connectivity index (χ2v) is 10.4. The minimum absolute atomic E-state index is 0.0612. The number of fused-ring (bicyclic) bond motifs is 1. The van der Waals surface area contributed by atoms with Crippen molar-refractivity contribution >= 4 is 28.8 Å². The van der Waals surface area contributed by atoms with Crippen LogP contribution in [0.4, 0.5) is 5.69 Å². The minimum Gasteiger partial charge on any atom is -0.497 e. The van der Waals surface area contributed by atoms with Crippen molar-refractivity contribution in [2.75, 3.05) is 38.2 Å². The molecule has 8 heteroatoms. The van der Waals surface area contributed by atoms with Crippen molar-refractivity contribution in [2.45, 2.75) is 26.2 Å². The lowest BCUT2D eigenvalue weighted by atomic mass is 9.93. The molecule has 0 atom stereocenters. The fourth-order valence-electron chi connectivity index (χ4n) is 4.44. The monoisotopic (exact) mass is 503 g/mol. The molecule has 0 radical (unpaired) electrons. The van der Waals surface area contributed by atoms with E-state index in [9.17, 15) is 4.79 Å². The number of ether oxygens (including phenoxy) is 1. The topological polar surface area (TPSA) is 63.0 Å². The van der Waals surface area contributed by atoms with Gasteiger partial charge in [0.2, 0.25) is 0 Å². The van der Waals surface area contributed by atoms with Crippen LogP contribution >= 0.6 is 11.6 Å². The molecule has 36 heavy (non-hydrogen) atoms. The summed E-state index contributed by atoms with van der Waals surface area (Å²) in [7, 11) is 1.64. The van der Waals surface area contributed by atoms with E-state index in [4.69, 9.17) is 26.4 Å². The van der Waals surface area contributed by atoms with Crippen LogP contribution in [0.15, 0.2) is 60.7 Å². The predicted molar refractivity (Wildman–Crippen MR) is 143 cm³/mol. The second-order valence-electron chi connectivity index (χ2n) is 10.0. The van der Waals surface area contributed by atoms with Crippen molar-refractivity contribution in [3.8, 4) is 17.0 Å². The van der Waals surface area contributed by atoms with Gasteiger partial charge >= 0.3 is 0 Å². The molecular formula is C28H30ClN5O2. The van der Waals surface area contributed by atoms with Gasteiger partial charge in [0.25, 0.3) is 5.91 Å². The second kappa shape index (κ2) is 9.47. The van der Waals surface area contributed by atoms with Crippen LogP contribution in [0.3, 0.4) is 0 Å². The largest absolute Gasteiger partial charge is 0.497 e. The Kier molecular flexibility index (Phi) is 6.35. The van der Waals surface area contributed by atoms with E-state index in [0.29, 0.717) is 43.2 Å². The molecule has 4 aromatic rings. The summed E-state index contributed by atoms with van der Waals surface area (Å²) in [5.41, 5.74) is 4.45. The summed E-state index contributed by atoms with van der Waals surface area (Å²) in [5.74, 6) is 0.676. The van der Waals surface area contributed by atoms with Crippen molar-refractivity contribution in [2.24, 2.45) is 0 Å². The van der Waals surface area contributed by atoms with E-state index in [-0.39, 0.29) is 11.3 Å². The Balaban J connectivity index is 1.50. The van der Waals surface area contributed by atoms with Gasteiger partial charge in [0.1, 0.15) is 11.4 Å². The smallest absolute Gasteiger partial charge is 0.272 e. The van der Waals surface area contributed by atoms with Crippen molar-refractivity contribution in [1.29, 1.82) is 0 Å². The summed E-state index contributed by atoms with van der Waals surface area (Å²) in [6.45, 7) is 8.91. The van der Waals surface area contributed by atoms with Crippen LogP contribution in [0.5, 0.6) is 5.75 Å². The Morgan fingerprint density at radius 1 is 0.972 bits per heavy atom. The number of amides is 1. The Labute approximate surface area is 216 Å². The minimum atomic E-state index is -0.176. The Bertz CT molecular complexity index is 1420. The molecule has 0 unspecified atom stereocenters. The standard InChI is InChI=1S/C28H30ClN5O2/c1-28(2,3)25-18-26-30-22(19-8-7-9-20(16-19)36-4)17-24(34(26)31-25)27(35)33-14-12-32(13-15-33)23-11-6-5-10-21(23)29/h5-11,16-18H,12-15H2,1-4H3. The summed E-state index contributed by atoms with van der Waals surface area (Å²) in [6.07, 6.45) is 0. The lowest BCUT2D eigenvalue weighted by Crippen LogP contribution is -2.49. The van der Waals surface area contributed by atoms with Gasteiger partial charge in [-0.3, -0.25) is 4.79 Å². The highest BCUT2D eigenvalue weighted by molar-refractivity contribution is 6.33. The summed E-state index contributed by atoms with van der Waals surface area (Å²) < 4.78 is 7.09. The molecule has 7 nitrogen and oxygen atoms in total. The van der Waals surface area contributed by atoms with Crippen LogP contribution in [0.2, 0.25) is 5.02 Å². The van der Waals surface area contributed by atoms with Crippen LogP contribution in [-0.2, 0) is 5.41 Å². The molecule has 0 saturated carbocycles. The van der Waals surface area contributed by atoms with Crippen LogP contribution in [0.1, 0.15) is 37.0 Å². The normalized spacial score (nSPS) is 14.4. The number of piperazine rings is 1. The molecule has 0 spiro atoms. The molecule has 0 aliphatic carbocycles. The van der Waals surface area contributed by atoms with Crippen molar-refractivity contribution in [3.63, 3.8) is 0 Å². The van der Waals surface area contributed by atoms with Crippen molar-refractivity contribution in [3.05, 3.63) is 77.1 Å². The predicted octanol–water partition coefficient (Wildman–Crippen LogP) is 5.32. The first-order valence-electron chi connectivity index (χ1n) is 12.1. The van der Waals surface area contributed by atoms with Gasteiger partial charge in [0.05, 0.1) is 29.2 Å². The molecule has 1 aliphatic rings. The summed E-state index contributed by atoms with van der Waals surface area (Å²) in [6, 6.07) is 19.3. The van der Waals surface area contributed by atoms with Crippen molar-refractivity contribution in [1.82, 2.24) is 19.5 Å². The molecule has 1 saturated heterocycles. The molecule has 2 aromatic heterocycles. The molecule has 1 aliphatic heterocycles. The molecule has 1 amide bonds. The van der Waals surface area contributed by atoms with E-state index in [1.54, 1.807) is 11.6 Å². The maximum Gasteiger partial charge on any atom is 0.272 e. The number of anilines is 1. The summed E-state index contributed by atoms with van der Waals surface area (Å²) >= 11 is 6.40. The lowest BCUT2D eigenvalue weighted by molar-refractivity contribution is 0.0737. The maximum atomic E-state index is 13.9. The number of hydrogen-bond acceptors (Lipinski definition) is 5. The number of benzene rings is 2. The third-order valence-corrected chi connectivity index (χ3v) is 6.86. The maximum absolute atomic E-state index is 13.9. The fourth-order valence-corrected chi connectivity index (χ4v) is 4.70. The summed E-state index contributed by atoms with van der Waals surface area (Å²) in [5, 5.41) is 5.52. The Morgan fingerprint density at radius 2 is 1.72 bits per heavy atom. The van der Waals surface area contributed by atoms with Crippen molar-refractivity contribution < 1.29 is 9.53 Å². The van der Waals surface area contributed by atoms with E-state index in [0.717, 1.165) is 27.7 Å². The van der Waals surface area contributed by atoms with Gasteiger partial charge in [-0.1, -0.05) is 56.6 Å². The van der Waals surface area contributed by atoms with E-state index in [1.807, 2.05) is 65.6 Å². The number of carbonyl (C=O) groups is 1. The number of methoxy groups -OCH3 is 1. The molecule has 3 heterocycles. The number of carbonyl (C=O) groups excluding carboxylic acids is 1. The quantitative estimate of drug-likeness (QED) is 0.377. The molecular weight excluding hydrogens is 474 g/mol. The van der Waals surface area contributed by atoms with Gasteiger partial charge in [-0.15, -0.1) is 0 Å². The van der Waals surface area contributed by atoms with Gasteiger partial charge in [0, 0.05) is 43.2 Å². The number of hydrogen-bond donors (Lipinski definition) is 0. The van der Waals surface area contributed by atoms with E-state index in [2.05, 4.69) is 25.7 Å². The third-order valence-electron chi connectivity index (χ3n) is 6.54. The van der Waals surface area contributed by atoms with Crippen LogP contribution in [0, 0.1) is 0 Å². The zero-order valence-corrected chi connectivity index (χ0v) is 21.8. The van der Waals surface area contributed by atoms with Gasteiger partial charge in [-0.05, 0) is 30.3 Å². The molecule has 5 rings (SSSR count). The van der Waals surface area contributed by atoms with Gasteiger partial charge in [-0.25, -0.2) is 9.50 Å². The number of nitrogens with zero attached hydrogens (tertiary/aromatic N) is 5. The van der Waals surface area contributed by atoms with Crippen LogP contribution < -0.4 is 9.64 Å². The zero-order chi connectivity index (χ0) is 25.4. The highest BCUT2D eigenvalue weighted by atomic mass is 35.5. The average molecular weight is 504 g/mol. The first-order valence-corrected chi connectivity index (χ1v) is 12.5. The van der Waals surface area contributed by atoms with Gasteiger partial charge in [0.15, 0.2) is 5.65 Å². The fraction of sp³-hybridized carbons (Fsp3) is 0.321. The van der Waals surface area contributed by atoms with E-state index >= 15 is 0 Å². The Hall–Kier alpha value is -3.58. The van der Waals surface area contributed by atoms with Crippen LogP contribution in [-0.4, -0.2) is 58.7 Å². The van der Waals surface area contributed by atoms with E-state index < -0.39 is 0 Å². The molecule has 186 valence electrons.